The third-order valence-corrected chi connectivity index (χ3v) is 3.71. The summed E-state index contributed by atoms with van der Waals surface area (Å²) in [6.45, 7) is 5.84. The molecule has 0 atom stereocenters. The Morgan fingerprint density at radius 2 is 1.91 bits per heavy atom. The van der Waals surface area contributed by atoms with Gasteiger partial charge in [0.15, 0.2) is 5.69 Å². The largest absolute Gasteiger partial charge is 0.346 e. The fraction of sp³-hybridized carbons (Fsp3) is 0.412. The highest BCUT2D eigenvalue weighted by Crippen LogP contribution is 2.28. The Kier molecular flexibility index (Phi) is 3.51. The zero-order chi connectivity index (χ0) is 15.9. The predicted molar refractivity (Wildman–Crippen MR) is 82.8 cm³/mol. The number of hydrogen-bond donors (Lipinski definition) is 1. The minimum absolute atomic E-state index is 0.147. The average molecular weight is 301 g/mol. The number of nitrogens with one attached hydrogen (secondary N) is 1. The average Bonchev–Trinajstić information content (AvgIpc) is 2.99. The zero-order valence-corrected chi connectivity index (χ0v) is 13.1. The van der Waals surface area contributed by atoms with Crippen molar-refractivity contribution in [1.82, 2.24) is 15.1 Å². The van der Waals surface area contributed by atoms with Crippen molar-refractivity contribution >= 4 is 5.91 Å². The van der Waals surface area contributed by atoms with Crippen LogP contribution in [0.15, 0.2) is 24.3 Å². The molecule has 0 spiro atoms. The molecule has 1 N–H and O–H groups in total. The van der Waals surface area contributed by atoms with Crippen LogP contribution in [0.4, 0.5) is 4.39 Å². The Labute approximate surface area is 129 Å². The highest BCUT2D eigenvalue weighted by Gasteiger charge is 2.28. The third kappa shape index (κ3) is 2.75. The molecule has 0 aliphatic heterocycles. The van der Waals surface area contributed by atoms with Crippen LogP contribution in [0.25, 0.3) is 5.69 Å². The van der Waals surface area contributed by atoms with Crippen molar-refractivity contribution in [2.75, 3.05) is 0 Å². The summed E-state index contributed by atoms with van der Waals surface area (Å²) >= 11 is 0. The van der Waals surface area contributed by atoms with Gasteiger partial charge in [-0.2, -0.15) is 5.10 Å². The number of halogens is 1. The van der Waals surface area contributed by atoms with Crippen molar-refractivity contribution in [1.29, 1.82) is 0 Å². The number of fused-ring (bicyclic) bond motifs is 1. The van der Waals surface area contributed by atoms with Crippen LogP contribution < -0.4 is 5.32 Å². The molecule has 0 saturated heterocycles. The molecule has 1 amide bonds. The van der Waals surface area contributed by atoms with Gasteiger partial charge in [0, 0.05) is 16.8 Å². The van der Waals surface area contributed by atoms with Crippen LogP contribution in [0.3, 0.4) is 0 Å². The molecule has 1 aromatic heterocycles. The zero-order valence-electron chi connectivity index (χ0n) is 13.1. The van der Waals surface area contributed by atoms with Crippen LogP contribution in [-0.4, -0.2) is 21.2 Å². The number of benzene rings is 1. The first kappa shape index (κ1) is 14.8. The molecule has 22 heavy (non-hydrogen) atoms. The molecule has 5 heteroatoms. The molecular weight excluding hydrogens is 281 g/mol. The molecule has 1 aliphatic carbocycles. The van der Waals surface area contributed by atoms with Crippen molar-refractivity contribution in [3.63, 3.8) is 0 Å². The molecule has 1 heterocycles. The van der Waals surface area contributed by atoms with E-state index in [0.717, 1.165) is 36.2 Å². The fourth-order valence-corrected chi connectivity index (χ4v) is 2.82. The first-order chi connectivity index (χ1) is 10.3. The van der Waals surface area contributed by atoms with E-state index >= 15 is 0 Å². The predicted octanol–water partition coefficient (Wildman–Crippen LogP) is 3.03. The smallest absolute Gasteiger partial charge is 0.272 e. The number of aromatic nitrogens is 2. The minimum atomic E-state index is -0.303. The summed E-state index contributed by atoms with van der Waals surface area (Å²) in [6.07, 6.45) is 2.77. The van der Waals surface area contributed by atoms with Crippen molar-refractivity contribution in [2.45, 2.75) is 45.6 Å². The maximum Gasteiger partial charge on any atom is 0.272 e. The molecule has 1 aromatic carbocycles. The van der Waals surface area contributed by atoms with Crippen molar-refractivity contribution < 1.29 is 9.18 Å². The second kappa shape index (κ2) is 5.23. The van der Waals surface area contributed by atoms with Crippen LogP contribution in [0, 0.1) is 5.82 Å². The van der Waals surface area contributed by atoms with E-state index in [1.807, 2.05) is 20.8 Å². The summed E-state index contributed by atoms with van der Waals surface area (Å²) < 4.78 is 14.9. The molecule has 3 rings (SSSR count). The van der Waals surface area contributed by atoms with Crippen molar-refractivity contribution in [3.8, 4) is 5.69 Å². The van der Waals surface area contributed by atoms with Gasteiger partial charge in [-0.3, -0.25) is 4.79 Å². The SMILES string of the molecule is CC(C)(C)NC(=O)c1nn(-c2ccc(F)cc2)c2c1CCC2. The fourth-order valence-electron chi connectivity index (χ4n) is 2.82. The van der Waals surface area contributed by atoms with Gasteiger partial charge in [0.25, 0.3) is 5.91 Å². The molecule has 0 radical (unpaired) electrons. The molecule has 1 aliphatic rings. The van der Waals surface area contributed by atoms with E-state index in [-0.39, 0.29) is 17.3 Å². The number of nitrogens with zero attached hydrogens (tertiary/aromatic N) is 2. The molecule has 116 valence electrons. The van der Waals surface area contributed by atoms with Gasteiger partial charge in [-0.05, 0) is 64.3 Å². The Bertz CT molecular complexity index is 711. The minimum Gasteiger partial charge on any atom is -0.346 e. The van der Waals surface area contributed by atoms with E-state index in [1.165, 1.54) is 12.1 Å². The topological polar surface area (TPSA) is 46.9 Å². The van der Waals surface area contributed by atoms with Crippen molar-refractivity contribution in [3.05, 3.63) is 47.0 Å². The number of rotatable bonds is 2. The monoisotopic (exact) mass is 301 g/mol. The Morgan fingerprint density at radius 3 is 2.55 bits per heavy atom. The lowest BCUT2D eigenvalue weighted by Crippen LogP contribution is -2.41. The maximum atomic E-state index is 13.1. The molecule has 0 unspecified atom stereocenters. The van der Waals surface area contributed by atoms with E-state index in [4.69, 9.17) is 0 Å². The lowest BCUT2D eigenvalue weighted by atomic mass is 10.1. The summed E-state index contributed by atoms with van der Waals surface area (Å²) in [4.78, 5) is 12.5. The van der Waals surface area contributed by atoms with Gasteiger partial charge in [0.1, 0.15) is 5.82 Å². The normalized spacial score (nSPS) is 14.0. The maximum absolute atomic E-state index is 13.1. The van der Waals surface area contributed by atoms with Gasteiger partial charge in [-0.1, -0.05) is 0 Å². The summed E-state index contributed by atoms with van der Waals surface area (Å²) in [6, 6.07) is 6.19. The van der Waals surface area contributed by atoms with Crippen molar-refractivity contribution in [2.24, 2.45) is 0 Å². The van der Waals surface area contributed by atoms with Crippen LogP contribution in [0.2, 0.25) is 0 Å². The van der Waals surface area contributed by atoms with E-state index in [0.29, 0.717) is 5.69 Å². The summed E-state index contributed by atoms with van der Waals surface area (Å²) in [7, 11) is 0. The van der Waals surface area contributed by atoms with Gasteiger partial charge in [-0.25, -0.2) is 9.07 Å². The number of hydrogen-bond acceptors (Lipinski definition) is 2. The van der Waals surface area contributed by atoms with Gasteiger partial charge >= 0.3 is 0 Å². The van der Waals surface area contributed by atoms with Gasteiger partial charge in [0.05, 0.1) is 5.69 Å². The van der Waals surface area contributed by atoms with Crippen LogP contribution in [0.5, 0.6) is 0 Å². The summed E-state index contributed by atoms with van der Waals surface area (Å²) in [5.41, 5.74) is 3.06. The Hall–Kier alpha value is -2.17. The van der Waals surface area contributed by atoms with E-state index in [1.54, 1.807) is 16.8 Å². The first-order valence-corrected chi connectivity index (χ1v) is 7.54. The highest BCUT2D eigenvalue weighted by atomic mass is 19.1. The molecular formula is C17H20FN3O. The Balaban J connectivity index is 2.02. The van der Waals surface area contributed by atoms with Gasteiger partial charge < -0.3 is 5.32 Å². The number of carbonyl (C=O) groups excluding carboxylic acids is 1. The van der Waals surface area contributed by atoms with E-state index < -0.39 is 0 Å². The van der Waals surface area contributed by atoms with Crippen LogP contribution >= 0.6 is 0 Å². The summed E-state index contributed by atoms with van der Waals surface area (Å²) in [5, 5.41) is 7.46. The quantitative estimate of drug-likeness (QED) is 0.927. The lowest BCUT2D eigenvalue weighted by molar-refractivity contribution is 0.0913. The van der Waals surface area contributed by atoms with Gasteiger partial charge in [0.2, 0.25) is 0 Å². The number of amides is 1. The van der Waals surface area contributed by atoms with E-state index in [9.17, 15) is 9.18 Å². The third-order valence-electron chi connectivity index (χ3n) is 3.71. The van der Waals surface area contributed by atoms with Crippen LogP contribution in [0.1, 0.15) is 48.9 Å². The molecule has 0 fully saturated rings. The molecule has 2 aromatic rings. The Morgan fingerprint density at radius 1 is 1.23 bits per heavy atom. The first-order valence-electron chi connectivity index (χ1n) is 7.54. The standard InChI is InChI=1S/C17H20FN3O/c1-17(2,3)19-16(22)15-13-5-4-6-14(13)21(20-15)12-9-7-11(18)8-10-12/h7-10H,4-6H2,1-3H3,(H,19,22). The molecule has 4 nitrogen and oxygen atoms in total. The lowest BCUT2D eigenvalue weighted by Gasteiger charge is -2.19. The number of carbonyl (C=O) groups is 1. The molecule has 0 saturated carbocycles. The summed E-state index contributed by atoms with van der Waals surface area (Å²) in [5.74, 6) is -0.426. The molecule has 0 bridgehead atoms. The van der Waals surface area contributed by atoms with Gasteiger partial charge in [-0.15, -0.1) is 0 Å². The van der Waals surface area contributed by atoms with E-state index in [2.05, 4.69) is 10.4 Å². The highest BCUT2D eigenvalue weighted by molar-refractivity contribution is 5.94. The second-order valence-electron chi connectivity index (χ2n) is 6.72. The van der Waals surface area contributed by atoms with Crippen LogP contribution in [-0.2, 0) is 12.8 Å². The second-order valence-corrected chi connectivity index (χ2v) is 6.72.